The molecule has 0 saturated heterocycles. The number of nitrogens with two attached hydrogens (primary N) is 1. The van der Waals surface area contributed by atoms with Crippen LogP contribution in [0, 0.1) is 0 Å². The van der Waals surface area contributed by atoms with E-state index in [0.717, 1.165) is 22.0 Å². The first-order valence-electron chi connectivity index (χ1n) is 11.2. The van der Waals surface area contributed by atoms with Gasteiger partial charge < -0.3 is 10.6 Å². The number of para-hydroxylation sites is 1. The highest BCUT2D eigenvalue weighted by molar-refractivity contribution is 7.89. The number of hydrazone groups is 1. The van der Waals surface area contributed by atoms with E-state index in [4.69, 9.17) is 5.14 Å². The van der Waals surface area contributed by atoms with Gasteiger partial charge in [-0.25, -0.2) is 19.0 Å². The molecule has 0 saturated carbocycles. The second-order valence-electron chi connectivity index (χ2n) is 7.93. The number of benzene rings is 4. The summed E-state index contributed by atoms with van der Waals surface area (Å²) in [6.07, 6.45) is 1.70. The minimum atomic E-state index is -3.79. The molecule has 10 nitrogen and oxygen atoms in total. The van der Waals surface area contributed by atoms with E-state index in [1.54, 1.807) is 18.3 Å². The molecule has 0 aliphatic carbocycles. The molecule has 5 aromatic rings. The van der Waals surface area contributed by atoms with E-state index in [-0.39, 0.29) is 22.7 Å². The number of primary sulfonamides is 1. The van der Waals surface area contributed by atoms with Gasteiger partial charge in [0.1, 0.15) is 0 Å². The monoisotopic (exact) mass is 510 g/mol. The number of hydrogen-bond acceptors (Lipinski definition) is 9. The largest absolute Gasteiger partial charge is 0.324 e. The van der Waals surface area contributed by atoms with Gasteiger partial charge in [-0.05, 0) is 47.2 Å². The van der Waals surface area contributed by atoms with Crippen molar-refractivity contribution >= 4 is 56.2 Å². The third-order valence-corrected chi connectivity index (χ3v) is 6.23. The van der Waals surface area contributed by atoms with Crippen LogP contribution in [0.5, 0.6) is 0 Å². The molecule has 0 amide bonds. The van der Waals surface area contributed by atoms with Crippen molar-refractivity contribution in [3.63, 3.8) is 0 Å². The fourth-order valence-corrected chi connectivity index (χ4v) is 4.08. The summed E-state index contributed by atoms with van der Waals surface area (Å²) in [7, 11) is -3.79. The maximum absolute atomic E-state index is 11.5. The number of aromatic nitrogens is 3. The molecule has 37 heavy (non-hydrogen) atoms. The molecule has 5 rings (SSSR count). The molecule has 0 radical (unpaired) electrons. The molecule has 11 heteroatoms. The van der Waals surface area contributed by atoms with Gasteiger partial charge in [-0.2, -0.15) is 20.1 Å². The summed E-state index contributed by atoms with van der Waals surface area (Å²) >= 11 is 0. The summed E-state index contributed by atoms with van der Waals surface area (Å²) in [5, 5.41) is 17.9. The van der Waals surface area contributed by atoms with Gasteiger partial charge in [0.25, 0.3) is 0 Å². The molecular weight excluding hydrogens is 488 g/mol. The first-order chi connectivity index (χ1) is 17.9. The normalized spacial score (nSPS) is 11.5. The van der Waals surface area contributed by atoms with Crippen molar-refractivity contribution in [2.45, 2.75) is 4.90 Å². The van der Waals surface area contributed by atoms with Crippen LogP contribution in [0.25, 0.3) is 10.8 Å². The molecule has 0 aliphatic heterocycles. The molecule has 5 N–H and O–H groups in total. The zero-order valence-electron chi connectivity index (χ0n) is 19.4. The summed E-state index contributed by atoms with van der Waals surface area (Å²) in [5.41, 5.74) is 5.17. The van der Waals surface area contributed by atoms with E-state index in [1.807, 2.05) is 72.8 Å². The second-order valence-corrected chi connectivity index (χ2v) is 9.49. The van der Waals surface area contributed by atoms with Crippen LogP contribution in [0.3, 0.4) is 0 Å². The summed E-state index contributed by atoms with van der Waals surface area (Å²) in [5.74, 6) is 0.709. The zero-order chi connectivity index (χ0) is 25.7. The van der Waals surface area contributed by atoms with Gasteiger partial charge in [-0.1, -0.05) is 60.7 Å². The van der Waals surface area contributed by atoms with Crippen LogP contribution in [0.2, 0.25) is 0 Å². The van der Waals surface area contributed by atoms with Gasteiger partial charge >= 0.3 is 0 Å². The van der Waals surface area contributed by atoms with Crippen molar-refractivity contribution in [3.8, 4) is 0 Å². The van der Waals surface area contributed by atoms with Crippen molar-refractivity contribution in [1.82, 2.24) is 15.0 Å². The molecule has 0 bridgehead atoms. The van der Waals surface area contributed by atoms with E-state index in [1.165, 1.54) is 12.1 Å². The molecule has 184 valence electrons. The minimum absolute atomic E-state index is 0.00487. The average Bonchev–Trinajstić information content (AvgIpc) is 2.89. The zero-order valence-corrected chi connectivity index (χ0v) is 20.2. The summed E-state index contributed by atoms with van der Waals surface area (Å²) in [6, 6.07) is 29.4. The Kier molecular flexibility index (Phi) is 6.70. The summed E-state index contributed by atoms with van der Waals surface area (Å²) < 4.78 is 23.1. The molecule has 0 unspecified atom stereocenters. The number of rotatable bonds is 8. The smallest absolute Gasteiger partial charge is 0.250 e. The Hall–Kier alpha value is -4.87. The Morgan fingerprint density at radius 1 is 0.676 bits per heavy atom. The van der Waals surface area contributed by atoms with E-state index in [2.05, 4.69) is 36.1 Å². The molecule has 0 atom stereocenters. The van der Waals surface area contributed by atoms with Crippen LogP contribution >= 0.6 is 0 Å². The molecule has 1 heterocycles. The fraction of sp³-hybridized carbons (Fsp3) is 0. The van der Waals surface area contributed by atoms with Crippen LogP contribution in [-0.4, -0.2) is 29.6 Å². The Morgan fingerprint density at radius 2 is 1.27 bits per heavy atom. The van der Waals surface area contributed by atoms with Gasteiger partial charge in [0, 0.05) is 16.9 Å². The lowest BCUT2D eigenvalue weighted by molar-refractivity contribution is 0.598. The Morgan fingerprint density at radius 3 is 1.97 bits per heavy atom. The van der Waals surface area contributed by atoms with Gasteiger partial charge in [-0.15, -0.1) is 0 Å². The van der Waals surface area contributed by atoms with Gasteiger partial charge in [0.2, 0.25) is 27.9 Å². The standard InChI is InChI=1S/C26H22N8O2S/c27-37(35,36)22-15-13-21(14-16-22)30-25-31-24(29-20-10-2-1-3-11-20)32-26(33-25)34-28-17-19-9-6-8-18-7-4-5-12-23(18)19/h1-17H,(H2,27,35,36)(H3,29,30,31,32,33,34)/b28-17+. The maximum atomic E-state index is 11.5. The van der Waals surface area contributed by atoms with Crippen LogP contribution in [-0.2, 0) is 10.0 Å². The lowest BCUT2D eigenvalue weighted by Crippen LogP contribution is -2.12. The number of sulfonamides is 1. The molecule has 4 aromatic carbocycles. The van der Waals surface area contributed by atoms with Gasteiger partial charge in [0.15, 0.2) is 0 Å². The van der Waals surface area contributed by atoms with Gasteiger partial charge in [-0.3, -0.25) is 0 Å². The molecule has 0 fully saturated rings. The van der Waals surface area contributed by atoms with E-state index in [9.17, 15) is 8.42 Å². The topological polar surface area (TPSA) is 147 Å². The van der Waals surface area contributed by atoms with Crippen LogP contribution in [0.15, 0.2) is 107 Å². The van der Waals surface area contributed by atoms with Crippen molar-refractivity contribution in [1.29, 1.82) is 0 Å². The first-order valence-corrected chi connectivity index (χ1v) is 12.7. The molecular formula is C26H22N8O2S. The lowest BCUT2D eigenvalue weighted by atomic mass is 10.1. The third-order valence-electron chi connectivity index (χ3n) is 5.30. The Balaban J connectivity index is 1.41. The Labute approximate surface area is 213 Å². The van der Waals surface area contributed by atoms with Crippen molar-refractivity contribution in [2.24, 2.45) is 10.2 Å². The summed E-state index contributed by atoms with van der Waals surface area (Å²) in [4.78, 5) is 13.2. The third kappa shape index (κ3) is 6.04. The predicted octanol–water partition coefficient (Wildman–Crippen LogP) is 4.61. The number of hydrogen-bond donors (Lipinski definition) is 4. The quantitative estimate of drug-likeness (QED) is 0.175. The highest BCUT2D eigenvalue weighted by Gasteiger charge is 2.10. The van der Waals surface area contributed by atoms with Gasteiger partial charge in [0.05, 0.1) is 11.1 Å². The Bertz CT molecular complexity index is 1670. The number of fused-ring (bicyclic) bond motifs is 1. The second kappa shape index (κ2) is 10.4. The number of nitrogens with one attached hydrogen (secondary N) is 3. The van der Waals surface area contributed by atoms with E-state index >= 15 is 0 Å². The van der Waals surface area contributed by atoms with E-state index < -0.39 is 10.0 Å². The molecule has 0 spiro atoms. The van der Waals surface area contributed by atoms with Crippen molar-refractivity contribution < 1.29 is 8.42 Å². The average molecular weight is 511 g/mol. The van der Waals surface area contributed by atoms with Crippen molar-refractivity contribution in [2.75, 3.05) is 16.1 Å². The number of anilines is 5. The van der Waals surface area contributed by atoms with Crippen LogP contribution < -0.4 is 21.2 Å². The first kappa shape index (κ1) is 23.9. The van der Waals surface area contributed by atoms with Crippen LogP contribution in [0.1, 0.15) is 5.56 Å². The summed E-state index contributed by atoms with van der Waals surface area (Å²) in [6.45, 7) is 0. The lowest BCUT2D eigenvalue weighted by Gasteiger charge is -2.10. The van der Waals surface area contributed by atoms with Crippen LogP contribution in [0.4, 0.5) is 29.2 Å². The SMILES string of the molecule is NS(=O)(=O)c1ccc(Nc2nc(N/N=C/c3cccc4ccccc34)nc(Nc3ccccc3)n2)cc1. The van der Waals surface area contributed by atoms with Crippen molar-refractivity contribution in [3.05, 3.63) is 103 Å². The van der Waals surface area contributed by atoms with E-state index in [0.29, 0.717) is 5.69 Å². The highest BCUT2D eigenvalue weighted by Crippen LogP contribution is 2.20. The minimum Gasteiger partial charge on any atom is -0.324 e. The maximum Gasteiger partial charge on any atom is 0.250 e. The number of nitrogens with zero attached hydrogens (tertiary/aromatic N) is 4. The predicted molar refractivity (Wildman–Crippen MR) is 146 cm³/mol. The molecule has 1 aromatic heterocycles. The fourth-order valence-electron chi connectivity index (χ4n) is 3.57. The highest BCUT2D eigenvalue weighted by atomic mass is 32.2. The molecule has 0 aliphatic rings.